The Morgan fingerprint density at radius 1 is 1.08 bits per heavy atom. The maximum absolute atomic E-state index is 13.2. The van der Waals surface area contributed by atoms with E-state index in [1.807, 2.05) is 31.2 Å². The van der Waals surface area contributed by atoms with Crippen molar-refractivity contribution in [3.8, 4) is 0 Å². The van der Waals surface area contributed by atoms with E-state index in [-0.39, 0.29) is 30.7 Å². The van der Waals surface area contributed by atoms with E-state index >= 15 is 0 Å². The third kappa shape index (κ3) is 6.29. The van der Waals surface area contributed by atoms with Crippen molar-refractivity contribution in [3.63, 3.8) is 0 Å². The van der Waals surface area contributed by atoms with E-state index in [0.29, 0.717) is 6.54 Å². The highest BCUT2D eigenvalue weighted by Crippen LogP contribution is 2.14. The molecule has 0 fully saturated rings. The maximum Gasteiger partial charge on any atom is 0.243 e. The van der Waals surface area contributed by atoms with Crippen molar-refractivity contribution in [1.82, 2.24) is 10.2 Å². The SMILES string of the molecule is CCc1ccccc1NC(=O)CNC(=O)CN(C)Cc1cccc(F)c1. The van der Waals surface area contributed by atoms with Crippen molar-refractivity contribution in [2.24, 2.45) is 0 Å². The van der Waals surface area contributed by atoms with Crippen LogP contribution >= 0.6 is 0 Å². The van der Waals surface area contributed by atoms with Gasteiger partial charge in [0.1, 0.15) is 5.82 Å². The summed E-state index contributed by atoms with van der Waals surface area (Å²) in [5.41, 5.74) is 2.59. The maximum atomic E-state index is 13.2. The zero-order chi connectivity index (χ0) is 18.9. The van der Waals surface area contributed by atoms with Crippen molar-refractivity contribution < 1.29 is 14.0 Å². The Morgan fingerprint density at radius 3 is 2.58 bits per heavy atom. The summed E-state index contributed by atoms with van der Waals surface area (Å²) in [6, 6.07) is 13.8. The number of para-hydroxylation sites is 1. The Morgan fingerprint density at radius 2 is 1.85 bits per heavy atom. The van der Waals surface area contributed by atoms with Crippen LogP contribution in [0.5, 0.6) is 0 Å². The number of carbonyl (C=O) groups excluding carboxylic acids is 2. The second-order valence-corrected chi connectivity index (χ2v) is 6.14. The van der Waals surface area contributed by atoms with Crippen molar-refractivity contribution >= 4 is 17.5 Å². The van der Waals surface area contributed by atoms with Crippen LogP contribution in [0.4, 0.5) is 10.1 Å². The fraction of sp³-hybridized carbons (Fsp3) is 0.300. The fourth-order valence-electron chi connectivity index (χ4n) is 2.63. The number of halogens is 1. The normalized spacial score (nSPS) is 10.6. The van der Waals surface area contributed by atoms with Gasteiger partial charge in [-0.3, -0.25) is 14.5 Å². The number of nitrogens with zero attached hydrogens (tertiary/aromatic N) is 1. The van der Waals surface area contributed by atoms with E-state index < -0.39 is 0 Å². The number of likely N-dealkylation sites (N-methyl/N-ethyl adjacent to an activating group) is 1. The Bertz CT molecular complexity index is 764. The highest BCUT2D eigenvalue weighted by molar-refractivity contribution is 5.95. The van der Waals surface area contributed by atoms with Crippen LogP contribution in [0.25, 0.3) is 0 Å². The molecule has 138 valence electrons. The minimum Gasteiger partial charge on any atom is -0.346 e. The average Bonchev–Trinajstić information content (AvgIpc) is 2.60. The summed E-state index contributed by atoms with van der Waals surface area (Å²) in [4.78, 5) is 25.8. The standard InChI is InChI=1S/C20H24FN3O2/c1-3-16-8-4-5-10-18(16)23-19(25)12-22-20(26)14-24(2)13-15-7-6-9-17(21)11-15/h4-11H,3,12-14H2,1-2H3,(H,22,26)(H,23,25). The molecule has 0 bridgehead atoms. The smallest absolute Gasteiger partial charge is 0.243 e. The number of amides is 2. The summed E-state index contributed by atoms with van der Waals surface area (Å²) in [6.45, 7) is 2.49. The lowest BCUT2D eigenvalue weighted by atomic mass is 10.1. The number of carbonyl (C=O) groups is 2. The molecule has 0 saturated heterocycles. The lowest BCUT2D eigenvalue weighted by Crippen LogP contribution is -2.39. The van der Waals surface area contributed by atoms with Gasteiger partial charge in [-0.1, -0.05) is 37.3 Å². The molecular weight excluding hydrogens is 333 g/mol. The molecule has 2 rings (SSSR count). The summed E-state index contributed by atoms with van der Waals surface area (Å²) in [6.07, 6.45) is 0.813. The molecule has 26 heavy (non-hydrogen) atoms. The largest absolute Gasteiger partial charge is 0.346 e. The highest BCUT2D eigenvalue weighted by atomic mass is 19.1. The van der Waals surface area contributed by atoms with E-state index in [2.05, 4.69) is 10.6 Å². The van der Waals surface area contributed by atoms with Crippen LogP contribution in [0.15, 0.2) is 48.5 Å². The molecule has 0 aliphatic heterocycles. The summed E-state index contributed by atoms with van der Waals surface area (Å²) >= 11 is 0. The molecule has 5 nitrogen and oxygen atoms in total. The average molecular weight is 357 g/mol. The number of rotatable bonds is 8. The lowest BCUT2D eigenvalue weighted by Gasteiger charge is -2.16. The molecule has 2 N–H and O–H groups in total. The zero-order valence-corrected chi connectivity index (χ0v) is 15.1. The quantitative estimate of drug-likeness (QED) is 0.763. The van der Waals surface area contributed by atoms with E-state index in [4.69, 9.17) is 0 Å². The molecule has 0 radical (unpaired) electrons. The number of benzene rings is 2. The molecule has 0 atom stereocenters. The van der Waals surface area contributed by atoms with Gasteiger partial charge in [0.05, 0.1) is 13.1 Å². The van der Waals surface area contributed by atoms with Crippen LogP contribution in [0.3, 0.4) is 0 Å². The number of aryl methyl sites for hydroxylation is 1. The third-order valence-corrected chi connectivity index (χ3v) is 3.87. The monoisotopic (exact) mass is 357 g/mol. The first-order chi connectivity index (χ1) is 12.5. The first-order valence-electron chi connectivity index (χ1n) is 8.55. The van der Waals surface area contributed by atoms with Crippen LogP contribution < -0.4 is 10.6 Å². The predicted octanol–water partition coefficient (Wildman–Crippen LogP) is 2.57. The summed E-state index contributed by atoms with van der Waals surface area (Å²) in [5, 5.41) is 5.41. The molecular formula is C20H24FN3O2. The summed E-state index contributed by atoms with van der Waals surface area (Å²) in [5.74, 6) is -0.834. The minimum atomic E-state index is -0.301. The second-order valence-electron chi connectivity index (χ2n) is 6.14. The summed E-state index contributed by atoms with van der Waals surface area (Å²) < 4.78 is 13.2. The van der Waals surface area contributed by atoms with Crippen molar-refractivity contribution in [1.29, 1.82) is 0 Å². The fourth-order valence-corrected chi connectivity index (χ4v) is 2.63. The minimum absolute atomic E-state index is 0.0926. The molecule has 0 aromatic heterocycles. The molecule has 0 saturated carbocycles. The number of hydrogen-bond donors (Lipinski definition) is 2. The zero-order valence-electron chi connectivity index (χ0n) is 15.1. The van der Waals surface area contributed by atoms with Crippen LogP contribution in [0.2, 0.25) is 0 Å². The summed E-state index contributed by atoms with van der Waals surface area (Å²) in [7, 11) is 1.77. The number of nitrogens with one attached hydrogen (secondary N) is 2. The molecule has 0 heterocycles. The first-order valence-corrected chi connectivity index (χ1v) is 8.55. The van der Waals surface area contributed by atoms with E-state index in [1.165, 1.54) is 12.1 Å². The molecule has 2 aromatic carbocycles. The van der Waals surface area contributed by atoms with Gasteiger partial charge in [-0.05, 0) is 42.8 Å². The van der Waals surface area contributed by atoms with Gasteiger partial charge in [0.2, 0.25) is 11.8 Å². The molecule has 2 amide bonds. The third-order valence-electron chi connectivity index (χ3n) is 3.87. The van der Waals surface area contributed by atoms with Crippen LogP contribution in [0.1, 0.15) is 18.1 Å². The van der Waals surface area contributed by atoms with Gasteiger partial charge < -0.3 is 10.6 Å². The Hall–Kier alpha value is -2.73. The van der Waals surface area contributed by atoms with Gasteiger partial charge in [0, 0.05) is 12.2 Å². The van der Waals surface area contributed by atoms with Gasteiger partial charge in [0.25, 0.3) is 0 Å². The van der Waals surface area contributed by atoms with Crippen molar-refractivity contribution in [3.05, 3.63) is 65.5 Å². The van der Waals surface area contributed by atoms with E-state index in [9.17, 15) is 14.0 Å². The topological polar surface area (TPSA) is 61.4 Å². The predicted molar refractivity (Wildman–Crippen MR) is 100 cm³/mol. The van der Waals surface area contributed by atoms with Gasteiger partial charge in [-0.25, -0.2) is 4.39 Å². The van der Waals surface area contributed by atoms with Gasteiger partial charge in [-0.15, -0.1) is 0 Å². The molecule has 2 aromatic rings. The molecule has 6 heteroatoms. The Labute approximate surface area is 153 Å². The Kier molecular flexibility index (Phi) is 7.29. The molecule has 0 unspecified atom stereocenters. The van der Waals surface area contributed by atoms with Gasteiger partial charge in [0.15, 0.2) is 0 Å². The Balaban J connectivity index is 1.76. The lowest BCUT2D eigenvalue weighted by molar-refractivity contribution is -0.124. The van der Waals surface area contributed by atoms with Gasteiger partial charge in [-0.2, -0.15) is 0 Å². The van der Waals surface area contributed by atoms with E-state index in [1.54, 1.807) is 24.1 Å². The van der Waals surface area contributed by atoms with Crippen molar-refractivity contribution in [2.45, 2.75) is 19.9 Å². The molecule has 0 aliphatic rings. The van der Waals surface area contributed by atoms with Crippen LogP contribution in [0, 0.1) is 5.82 Å². The first kappa shape index (κ1) is 19.6. The van der Waals surface area contributed by atoms with Crippen molar-refractivity contribution in [2.75, 3.05) is 25.5 Å². The molecule has 0 spiro atoms. The van der Waals surface area contributed by atoms with Gasteiger partial charge >= 0.3 is 0 Å². The van der Waals surface area contributed by atoms with Crippen LogP contribution in [-0.4, -0.2) is 36.9 Å². The number of hydrogen-bond acceptors (Lipinski definition) is 3. The second kappa shape index (κ2) is 9.68. The number of anilines is 1. The van der Waals surface area contributed by atoms with Crippen LogP contribution in [-0.2, 0) is 22.6 Å². The molecule has 0 aliphatic carbocycles. The van der Waals surface area contributed by atoms with E-state index in [0.717, 1.165) is 23.2 Å². The highest BCUT2D eigenvalue weighted by Gasteiger charge is 2.10.